The summed E-state index contributed by atoms with van der Waals surface area (Å²) in [5, 5.41) is 12.1. The lowest BCUT2D eigenvalue weighted by molar-refractivity contribution is 0.0720. The van der Waals surface area contributed by atoms with Gasteiger partial charge in [0.25, 0.3) is 11.8 Å². The van der Waals surface area contributed by atoms with Crippen molar-refractivity contribution in [1.82, 2.24) is 4.90 Å². The van der Waals surface area contributed by atoms with Gasteiger partial charge in [-0.15, -0.1) is 0 Å². The number of hydrogen-bond donors (Lipinski definition) is 3. The first kappa shape index (κ1) is 26.1. The Hall–Kier alpha value is -3.11. The molecular weight excluding hydrogens is 516 g/mol. The molecule has 1 spiro atoms. The van der Waals surface area contributed by atoms with Crippen molar-refractivity contribution < 1.29 is 23.1 Å². The lowest BCUT2D eigenvalue weighted by Crippen LogP contribution is -2.36. The number of amides is 2. The van der Waals surface area contributed by atoms with Crippen LogP contribution in [0.3, 0.4) is 0 Å². The van der Waals surface area contributed by atoms with Crippen molar-refractivity contribution in [2.75, 3.05) is 46.9 Å². The minimum atomic E-state index is -3.71. The lowest BCUT2D eigenvalue weighted by atomic mass is 9.85. The number of carbonyl (C=O) groups is 2. The quantitative estimate of drug-likeness (QED) is 0.435. The Morgan fingerprint density at radius 3 is 2.51 bits per heavy atom. The summed E-state index contributed by atoms with van der Waals surface area (Å²) in [6, 6.07) is 10.5. The minimum Gasteiger partial charge on any atom is -0.395 e. The molecular formula is C29H36N4O5S. The zero-order valence-corrected chi connectivity index (χ0v) is 22.9. The summed E-state index contributed by atoms with van der Waals surface area (Å²) < 4.78 is 27.1. The molecule has 39 heavy (non-hydrogen) atoms. The van der Waals surface area contributed by atoms with Crippen molar-refractivity contribution >= 4 is 38.9 Å². The number of nitrogens with zero attached hydrogens (tertiary/aromatic N) is 2. The SMILES string of the molecule is O=C(Nc1cccc2c1C(=O)N(CC1CCC1)C2)c1ccc(NS(=O)(=O)CCO)cc1N1CCC2(CC1)CC2. The zero-order valence-electron chi connectivity index (χ0n) is 22.1. The third-order valence-electron chi connectivity index (χ3n) is 8.96. The highest BCUT2D eigenvalue weighted by Gasteiger charge is 2.44. The first-order chi connectivity index (χ1) is 18.8. The van der Waals surface area contributed by atoms with Crippen LogP contribution in [0.2, 0.25) is 0 Å². The highest BCUT2D eigenvalue weighted by molar-refractivity contribution is 7.92. The molecule has 3 N–H and O–H groups in total. The molecule has 208 valence electrons. The van der Waals surface area contributed by atoms with Gasteiger partial charge in [-0.25, -0.2) is 8.42 Å². The van der Waals surface area contributed by atoms with Crippen LogP contribution >= 0.6 is 0 Å². The van der Waals surface area contributed by atoms with E-state index in [1.807, 2.05) is 17.0 Å². The summed E-state index contributed by atoms with van der Waals surface area (Å²) in [7, 11) is -3.71. The van der Waals surface area contributed by atoms with E-state index in [2.05, 4.69) is 14.9 Å². The van der Waals surface area contributed by atoms with E-state index in [-0.39, 0.29) is 11.8 Å². The molecule has 3 fully saturated rings. The molecule has 0 atom stereocenters. The molecule has 2 amide bonds. The fraction of sp³-hybridized carbons (Fsp3) is 0.517. The first-order valence-electron chi connectivity index (χ1n) is 14.0. The van der Waals surface area contributed by atoms with Crippen LogP contribution in [-0.2, 0) is 16.6 Å². The van der Waals surface area contributed by atoms with Gasteiger partial charge >= 0.3 is 0 Å². The summed E-state index contributed by atoms with van der Waals surface area (Å²) in [4.78, 5) is 31.1. The van der Waals surface area contributed by atoms with E-state index in [0.717, 1.165) is 50.9 Å². The molecule has 6 rings (SSSR count). The highest BCUT2D eigenvalue weighted by atomic mass is 32.2. The number of hydrogen-bond acceptors (Lipinski definition) is 6. The Balaban J connectivity index is 1.26. The second-order valence-corrected chi connectivity index (χ2v) is 13.5. The van der Waals surface area contributed by atoms with Gasteiger partial charge in [0.15, 0.2) is 0 Å². The molecule has 9 nitrogen and oxygen atoms in total. The van der Waals surface area contributed by atoms with Crippen LogP contribution in [0, 0.1) is 11.3 Å². The van der Waals surface area contributed by atoms with Crippen LogP contribution in [0.1, 0.15) is 71.2 Å². The number of anilines is 3. The third-order valence-corrected chi connectivity index (χ3v) is 10.2. The largest absolute Gasteiger partial charge is 0.395 e. The van der Waals surface area contributed by atoms with E-state index in [1.165, 1.54) is 19.3 Å². The molecule has 0 bridgehead atoms. The third kappa shape index (κ3) is 5.36. The van der Waals surface area contributed by atoms with E-state index >= 15 is 0 Å². The molecule has 10 heteroatoms. The van der Waals surface area contributed by atoms with E-state index in [4.69, 9.17) is 5.11 Å². The molecule has 0 radical (unpaired) electrons. The maximum Gasteiger partial charge on any atom is 0.257 e. The van der Waals surface area contributed by atoms with Gasteiger partial charge in [0.1, 0.15) is 0 Å². The Labute approximate surface area is 229 Å². The van der Waals surface area contributed by atoms with Crippen molar-refractivity contribution in [3.63, 3.8) is 0 Å². The number of benzene rings is 2. The van der Waals surface area contributed by atoms with Gasteiger partial charge in [-0.2, -0.15) is 0 Å². The monoisotopic (exact) mass is 552 g/mol. The summed E-state index contributed by atoms with van der Waals surface area (Å²) in [5.74, 6) is -0.203. The molecule has 2 saturated carbocycles. The van der Waals surface area contributed by atoms with Crippen LogP contribution < -0.4 is 14.9 Å². The molecule has 2 aromatic rings. The number of sulfonamides is 1. The van der Waals surface area contributed by atoms with Gasteiger partial charge < -0.3 is 20.2 Å². The minimum absolute atomic E-state index is 0.0348. The smallest absolute Gasteiger partial charge is 0.257 e. The molecule has 2 aliphatic heterocycles. The van der Waals surface area contributed by atoms with E-state index in [0.29, 0.717) is 46.1 Å². The molecule has 1 saturated heterocycles. The number of fused-ring (bicyclic) bond motifs is 1. The second kappa shape index (κ2) is 10.1. The van der Waals surface area contributed by atoms with Gasteiger partial charge in [-0.1, -0.05) is 18.6 Å². The van der Waals surface area contributed by atoms with Gasteiger partial charge in [0.05, 0.1) is 40.5 Å². The summed E-state index contributed by atoms with van der Waals surface area (Å²) >= 11 is 0. The zero-order chi connectivity index (χ0) is 27.2. The Morgan fingerprint density at radius 1 is 1.08 bits per heavy atom. The van der Waals surface area contributed by atoms with E-state index in [1.54, 1.807) is 24.3 Å². The van der Waals surface area contributed by atoms with Gasteiger partial charge in [-0.05, 0) is 79.7 Å². The van der Waals surface area contributed by atoms with Crippen LogP contribution in [0.15, 0.2) is 36.4 Å². The average molecular weight is 553 g/mol. The average Bonchev–Trinajstić information content (AvgIpc) is 3.55. The second-order valence-electron chi connectivity index (χ2n) is 11.6. The van der Waals surface area contributed by atoms with Crippen LogP contribution in [-0.4, -0.2) is 62.2 Å². The summed E-state index contributed by atoms with van der Waals surface area (Å²) in [6.07, 6.45) is 8.15. The topological polar surface area (TPSA) is 119 Å². The Morgan fingerprint density at radius 2 is 1.85 bits per heavy atom. The Kier molecular flexibility index (Phi) is 6.79. The van der Waals surface area contributed by atoms with Crippen LogP contribution in [0.5, 0.6) is 0 Å². The maximum atomic E-state index is 13.7. The van der Waals surface area contributed by atoms with Crippen LogP contribution in [0.25, 0.3) is 0 Å². The number of rotatable bonds is 9. The Bertz CT molecular complexity index is 1390. The maximum absolute atomic E-state index is 13.7. The molecule has 2 aliphatic carbocycles. The molecule has 0 aromatic heterocycles. The molecule has 0 unspecified atom stereocenters. The highest BCUT2D eigenvalue weighted by Crippen LogP contribution is 2.54. The number of aliphatic hydroxyl groups is 1. The standard InChI is InChI=1S/C29H36N4O5S/c34-15-16-39(37,38)31-22-7-8-23(25(17-22)32-13-11-29(9-10-29)12-14-32)27(35)30-24-6-2-5-21-19-33(28(36)26(21)24)18-20-3-1-4-20/h2,5-8,17,20,31,34H,1,3-4,9-16,18-19H2,(H,30,35). The van der Waals surface area contributed by atoms with E-state index in [9.17, 15) is 18.0 Å². The predicted octanol–water partition coefficient (Wildman–Crippen LogP) is 3.81. The summed E-state index contributed by atoms with van der Waals surface area (Å²) in [5.41, 5.74) is 3.89. The van der Waals surface area contributed by atoms with Gasteiger partial charge in [0.2, 0.25) is 10.0 Å². The number of piperidine rings is 1. The number of nitrogens with one attached hydrogen (secondary N) is 2. The molecule has 2 heterocycles. The summed E-state index contributed by atoms with van der Waals surface area (Å²) in [6.45, 7) is 2.44. The number of aliphatic hydroxyl groups excluding tert-OH is 1. The first-order valence-corrected chi connectivity index (χ1v) is 15.6. The van der Waals surface area contributed by atoms with Gasteiger partial charge in [-0.3, -0.25) is 14.3 Å². The van der Waals surface area contributed by atoms with E-state index < -0.39 is 22.4 Å². The fourth-order valence-electron chi connectivity index (χ4n) is 6.15. The van der Waals surface area contributed by atoms with Crippen LogP contribution in [0.4, 0.5) is 17.1 Å². The fourth-order valence-corrected chi connectivity index (χ4v) is 6.98. The lowest BCUT2D eigenvalue weighted by Gasteiger charge is -2.35. The van der Waals surface area contributed by atoms with Crippen molar-refractivity contribution in [2.24, 2.45) is 11.3 Å². The normalized spacial score (nSPS) is 20.1. The van der Waals surface area contributed by atoms with Crippen molar-refractivity contribution in [2.45, 2.75) is 51.5 Å². The predicted molar refractivity (Wildman–Crippen MR) is 151 cm³/mol. The van der Waals surface area contributed by atoms with Crippen molar-refractivity contribution in [3.05, 3.63) is 53.1 Å². The van der Waals surface area contributed by atoms with Gasteiger partial charge in [0, 0.05) is 26.2 Å². The molecule has 2 aromatic carbocycles. The molecule has 4 aliphatic rings. The van der Waals surface area contributed by atoms with Crippen molar-refractivity contribution in [1.29, 1.82) is 0 Å². The van der Waals surface area contributed by atoms with Crippen molar-refractivity contribution in [3.8, 4) is 0 Å². The number of carbonyl (C=O) groups excluding carboxylic acids is 2.